The molecule has 0 aliphatic heterocycles. The van der Waals surface area contributed by atoms with Crippen molar-refractivity contribution in [2.45, 2.75) is 44.2 Å². The van der Waals surface area contributed by atoms with E-state index in [1.165, 1.54) is 4.31 Å². The van der Waals surface area contributed by atoms with Crippen molar-refractivity contribution in [1.29, 1.82) is 0 Å². The molecule has 1 unspecified atom stereocenters. The van der Waals surface area contributed by atoms with Gasteiger partial charge in [0, 0.05) is 19.6 Å². The fourth-order valence-electron chi connectivity index (χ4n) is 2.41. The van der Waals surface area contributed by atoms with Crippen LogP contribution in [0.1, 0.15) is 32.3 Å². The molecule has 112 valence electrons. The van der Waals surface area contributed by atoms with E-state index in [0.717, 1.165) is 24.9 Å². The largest absolute Gasteiger partial charge is 0.313 e. The maximum atomic E-state index is 12.8. The summed E-state index contributed by atoms with van der Waals surface area (Å²) in [7, 11) is -1.71. The van der Waals surface area contributed by atoms with Gasteiger partial charge in [-0.05, 0) is 43.9 Å². The van der Waals surface area contributed by atoms with Crippen LogP contribution in [0, 0.1) is 5.92 Å². The summed E-state index contributed by atoms with van der Waals surface area (Å²) in [5.74, 6) is 0.524. The van der Waals surface area contributed by atoms with Crippen molar-refractivity contribution >= 4 is 10.0 Å². The second kappa shape index (κ2) is 6.24. The van der Waals surface area contributed by atoms with Crippen LogP contribution < -0.4 is 5.32 Å². The van der Waals surface area contributed by atoms with Crippen LogP contribution in [0.25, 0.3) is 0 Å². The summed E-state index contributed by atoms with van der Waals surface area (Å²) in [5, 5.41) is 3.20. The Morgan fingerprint density at radius 1 is 1.35 bits per heavy atom. The predicted octanol–water partition coefficient (Wildman–Crippen LogP) is 2.22. The maximum absolute atomic E-state index is 12.8. The van der Waals surface area contributed by atoms with Gasteiger partial charge in [0.2, 0.25) is 10.0 Å². The molecule has 0 amide bonds. The molecule has 1 aromatic rings. The molecule has 1 saturated carbocycles. The molecule has 4 nitrogen and oxygen atoms in total. The van der Waals surface area contributed by atoms with Crippen molar-refractivity contribution in [3.63, 3.8) is 0 Å². The van der Waals surface area contributed by atoms with Crippen LogP contribution in [0.5, 0.6) is 0 Å². The number of nitrogens with one attached hydrogen (secondary N) is 1. The molecule has 1 aliphatic rings. The first-order valence-electron chi connectivity index (χ1n) is 7.25. The average Bonchev–Trinajstić information content (AvgIpc) is 3.28. The summed E-state index contributed by atoms with van der Waals surface area (Å²) in [4.78, 5) is 0.427. The number of nitrogens with zero attached hydrogens (tertiary/aromatic N) is 1. The highest BCUT2D eigenvalue weighted by atomic mass is 32.2. The minimum absolute atomic E-state index is 0.0761. The molecule has 0 radical (unpaired) electrons. The third-order valence-electron chi connectivity index (χ3n) is 4.07. The number of hydrogen-bond donors (Lipinski definition) is 1. The van der Waals surface area contributed by atoms with Crippen LogP contribution in [-0.4, -0.2) is 32.4 Å². The molecule has 20 heavy (non-hydrogen) atoms. The zero-order chi connectivity index (χ0) is 14.8. The Hall–Kier alpha value is -0.910. The summed E-state index contributed by atoms with van der Waals surface area (Å²) >= 11 is 0. The van der Waals surface area contributed by atoms with Gasteiger partial charge in [0.1, 0.15) is 0 Å². The van der Waals surface area contributed by atoms with E-state index in [4.69, 9.17) is 0 Å². The van der Waals surface area contributed by atoms with Crippen LogP contribution >= 0.6 is 0 Å². The molecule has 1 aromatic carbocycles. The molecule has 0 heterocycles. The Kier molecular flexibility index (Phi) is 4.83. The van der Waals surface area contributed by atoms with Gasteiger partial charge in [0.15, 0.2) is 0 Å². The normalized spacial score (nSPS) is 17.4. The smallest absolute Gasteiger partial charge is 0.243 e. The second-order valence-electron chi connectivity index (χ2n) is 5.49. The first-order chi connectivity index (χ1) is 9.48. The van der Waals surface area contributed by atoms with Gasteiger partial charge in [-0.2, -0.15) is 4.31 Å². The van der Waals surface area contributed by atoms with Gasteiger partial charge in [-0.3, -0.25) is 0 Å². The zero-order valence-corrected chi connectivity index (χ0v) is 13.3. The molecule has 0 saturated heterocycles. The van der Waals surface area contributed by atoms with Gasteiger partial charge in [-0.1, -0.05) is 25.1 Å². The van der Waals surface area contributed by atoms with E-state index >= 15 is 0 Å². The lowest BCUT2D eigenvalue weighted by molar-refractivity contribution is 0.356. The third kappa shape index (κ3) is 3.22. The maximum Gasteiger partial charge on any atom is 0.243 e. The molecule has 2 rings (SSSR count). The van der Waals surface area contributed by atoms with Gasteiger partial charge in [-0.15, -0.1) is 0 Å². The summed E-state index contributed by atoms with van der Waals surface area (Å²) in [6, 6.07) is 7.34. The number of sulfonamides is 1. The fourth-order valence-corrected chi connectivity index (χ4v) is 4.05. The van der Waals surface area contributed by atoms with Crippen LogP contribution in [0.15, 0.2) is 29.2 Å². The van der Waals surface area contributed by atoms with Crippen molar-refractivity contribution in [1.82, 2.24) is 9.62 Å². The number of hydrogen-bond acceptors (Lipinski definition) is 3. The lowest BCUT2D eigenvalue weighted by atomic mass is 10.2. The zero-order valence-electron chi connectivity index (χ0n) is 12.5. The highest BCUT2D eigenvalue weighted by Crippen LogP contribution is 2.36. The topological polar surface area (TPSA) is 49.4 Å². The molecular formula is C15H24N2O2S. The van der Waals surface area contributed by atoms with Crippen molar-refractivity contribution in [2.24, 2.45) is 5.92 Å². The van der Waals surface area contributed by atoms with Crippen molar-refractivity contribution in [2.75, 3.05) is 13.6 Å². The van der Waals surface area contributed by atoms with Crippen molar-refractivity contribution < 1.29 is 8.42 Å². The van der Waals surface area contributed by atoms with Gasteiger partial charge in [-0.25, -0.2) is 8.42 Å². The molecule has 5 heteroatoms. The standard InChI is InChI=1S/C15H24N2O2S/c1-4-16-11-14-7-5-6-8-15(14)20(18,19)17(3)12(2)13-9-10-13/h5-8,12-13,16H,4,9-11H2,1-3H3. The van der Waals surface area contributed by atoms with E-state index in [0.29, 0.717) is 17.4 Å². The van der Waals surface area contributed by atoms with Gasteiger partial charge in [0.05, 0.1) is 4.90 Å². The molecular weight excluding hydrogens is 272 g/mol. The Bertz CT molecular complexity index is 553. The minimum Gasteiger partial charge on any atom is -0.313 e. The average molecular weight is 296 g/mol. The first-order valence-corrected chi connectivity index (χ1v) is 8.69. The highest BCUT2D eigenvalue weighted by Gasteiger charge is 2.36. The van der Waals surface area contributed by atoms with Crippen LogP contribution in [0.2, 0.25) is 0 Å². The summed E-state index contributed by atoms with van der Waals surface area (Å²) < 4.78 is 27.1. The number of rotatable bonds is 7. The van der Waals surface area contributed by atoms with Crippen LogP contribution in [0.4, 0.5) is 0 Å². The highest BCUT2D eigenvalue weighted by molar-refractivity contribution is 7.89. The molecule has 1 aliphatic carbocycles. The predicted molar refractivity (Wildman–Crippen MR) is 81.0 cm³/mol. The quantitative estimate of drug-likeness (QED) is 0.839. The molecule has 1 fully saturated rings. The van der Waals surface area contributed by atoms with Crippen molar-refractivity contribution in [3.8, 4) is 0 Å². The third-order valence-corrected chi connectivity index (χ3v) is 6.12. The van der Waals surface area contributed by atoms with Gasteiger partial charge >= 0.3 is 0 Å². The Balaban J connectivity index is 2.28. The van der Waals surface area contributed by atoms with E-state index in [1.54, 1.807) is 19.2 Å². The number of benzene rings is 1. The monoisotopic (exact) mass is 296 g/mol. The molecule has 1 atom stereocenters. The van der Waals surface area contributed by atoms with E-state index in [2.05, 4.69) is 5.32 Å². The fraction of sp³-hybridized carbons (Fsp3) is 0.600. The van der Waals surface area contributed by atoms with E-state index < -0.39 is 10.0 Å². The van der Waals surface area contributed by atoms with Crippen LogP contribution in [-0.2, 0) is 16.6 Å². The van der Waals surface area contributed by atoms with Crippen molar-refractivity contribution in [3.05, 3.63) is 29.8 Å². The van der Waals surface area contributed by atoms with Crippen LogP contribution in [0.3, 0.4) is 0 Å². The van der Waals surface area contributed by atoms with E-state index in [1.807, 2.05) is 26.0 Å². The Labute approximate surface area is 122 Å². The lowest BCUT2D eigenvalue weighted by Crippen LogP contribution is -2.37. The Morgan fingerprint density at radius 3 is 2.60 bits per heavy atom. The minimum atomic E-state index is -3.41. The molecule has 1 N–H and O–H groups in total. The van der Waals surface area contributed by atoms with Gasteiger partial charge in [0.25, 0.3) is 0 Å². The lowest BCUT2D eigenvalue weighted by Gasteiger charge is -2.25. The SMILES string of the molecule is CCNCc1ccccc1S(=O)(=O)N(C)C(C)C1CC1. The molecule has 0 spiro atoms. The summed E-state index contributed by atoms with van der Waals surface area (Å²) in [5.41, 5.74) is 0.837. The summed E-state index contributed by atoms with van der Waals surface area (Å²) in [6.45, 7) is 5.42. The van der Waals surface area contributed by atoms with E-state index in [9.17, 15) is 8.42 Å². The van der Waals surface area contributed by atoms with Gasteiger partial charge < -0.3 is 5.32 Å². The first kappa shape index (κ1) is 15.5. The summed E-state index contributed by atoms with van der Waals surface area (Å²) in [6.07, 6.45) is 2.28. The second-order valence-corrected chi connectivity index (χ2v) is 7.45. The molecule has 0 aromatic heterocycles. The molecule has 0 bridgehead atoms. The van der Waals surface area contributed by atoms with E-state index in [-0.39, 0.29) is 6.04 Å². The Morgan fingerprint density at radius 2 is 2.00 bits per heavy atom.